The van der Waals surface area contributed by atoms with Gasteiger partial charge in [-0.1, -0.05) is 0 Å². The lowest BCUT2D eigenvalue weighted by atomic mass is 10.2. The molecule has 64 valence electrons. The third kappa shape index (κ3) is 1.39. The van der Waals surface area contributed by atoms with E-state index in [1.54, 1.807) is 18.1 Å². The molecule has 0 atom stereocenters. The van der Waals surface area contributed by atoms with Gasteiger partial charge in [0.05, 0.1) is 0 Å². The minimum Gasteiger partial charge on any atom is -0.356 e. The Kier molecular flexibility index (Phi) is 2.17. The molecule has 2 rings (SSSR count). The summed E-state index contributed by atoms with van der Waals surface area (Å²) in [7, 11) is 0. The molecule has 1 aromatic heterocycles. The second-order valence-electron chi connectivity index (χ2n) is 2.76. The van der Waals surface area contributed by atoms with Gasteiger partial charge in [0.25, 0.3) is 0 Å². The first-order chi connectivity index (χ1) is 5.90. The van der Waals surface area contributed by atoms with Crippen LogP contribution in [-0.4, -0.2) is 29.3 Å². The zero-order chi connectivity index (χ0) is 8.39. The average molecular weight is 181 g/mol. The molecule has 0 bridgehead atoms. The van der Waals surface area contributed by atoms with Crippen molar-refractivity contribution in [3.63, 3.8) is 0 Å². The molecule has 0 spiro atoms. The molecule has 0 amide bonds. The Morgan fingerprint density at radius 3 is 2.83 bits per heavy atom. The molecule has 1 saturated heterocycles. The molecular weight excluding hydrogens is 170 g/mol. The summed E-state index contributed by atoms with van der Waals surface area (Å²) in [6, 6.07) is 2.05. The van der Waals surface area contributed by atoms with Crippen molar-refractivity contribution in [3.8, 4) is 0 Å². The second kappa shape index (κ2) is 3.31. The highest BCUT2D eigenvalue weighted by Gasteiger charge is 2.15. The van der Waals surface area contributed by atoms with Gasteiger partial charge in [0, 0.05) is 19.2 Å². The fourth-order valence-electron chi connectivity index (χ4n) is 1.16. The fourth-order valence-corrected chi connectivity index (χ4v) is 1.54. The molecule has 3 nitrogen and oxygen atoms in total. The van der Waals surface area contributed by atoms with Gasteiger partial charge in [-0.15, -0.1) is 11.8 Å². The monoisotopic (exact) mass is 181 g/mol. The summed E-state index contributed by atoms with van der Waals surface area (Å²) in [6.07, 6.45) is 4.96. The van der Waals surface area contributed by atoms with E-state index >= 15 is 0 Å². The molecule has 0 aromatic carbocycles. The highest BCUT2D eigenvalue weighted by Crippen LogP contribution is 2.20. The summed E-state index contributed by atoms with van der Waals surface area (Å²) in [4.78, 5) is 10.6. The smallest absolute Gasteiger partial charge is 0.133 e. The molecule has 0 aliphatic carbocycles. The van der Waals surface area contributed by atoms with Gasteiger partial charge in [-0.2, -0.15) is 0 Å². The van der Waals surface area contributed by atoms with E-state index in [1.165, 1.54) is 6.42 Å². The van der Waals surface area contributed by atoms with Crippen molar-refractivity contribution < 1.29 is 0 Å². The lowest BCUT2D eigenvalue weighted by molar-refractivity contribution is 0.607. The number of thioether (sulfide) groups is 1. The van der Waals surface area contributed by atoms with Gasteiger partial charge >= 0.3 is 0 Å². The molecule has 1 aliphatic rings. The molecule has 1 aromatic rings. The second-order valence-corrected chi connectivity index (χ2v) is 3.59. The third-order valence-corrected chi connectivity index (χ3v) is 2.66. The molecule has 0 N–H and O–H groups in total. The van der Waals surface area contributed by atoms with Gasteiger partial charge in [0.15, 0.2) is 0 Å². The Hall–Kier alpha value is -0.770. The van der Waals surface area contributed by atoms with Gasteiger partial charge in [0.2, 0.25) is 0 Å². The maximum absolute atomic E-state index is 4.21. The molecule has 0 radical (unpaired) electrons. The Morgan fingerprint density at radius 2 is 2.25 bits per heavy atom. The lowest BCUT2D eigenvalue weighted by Gasteiger charge is -2.31. The summed E-state index contributed by atoms with van der Waals surface area (Å²) < 4.78 is 0. The zero-order valence-electron chi connectivity index (χ0n) is 7.03. The fraction of sp³-hybridized carbons (Fsp3) is 0.500. The van der Waals surface area contributed by atoms with Crippen molar-refractivity contribution in [2.45, 2.75) is 11.4 Å². The van der Waals surface area contributed by atoms with Crippen LogP contribution in [-0.2, 0) is 0 Å². The maximum atomic E-state index is 4.21. The molecule has 12 heavy (non-hydrogen) atoms. The number of aromatic nitrogens is 2. The van der Waals surface area contributed by atoms with Crippen molar-refractivity contribution in [1.29, 1.82) is 0 Å². The SMILES string of the molecule is CSc1cc(N2CCC2)ncn1. The summed E-state index contributed by atoms with van der Waals surface area (Å²) in [6.45, 7) is 2.29. The highest BCUT2D eigenvalue weighted by atomic mass is 32.2. The van der Waals surface area contributed by atoms with Gasteiger partial charge in [-0.3, -0.25) is 0 Å². The Bertz CT molecular complexity index is 273. The number of hydrogen-bond donors (Lipinski definition) is 0. The molecule has 4 heteroatoms. The first-order valence-electron chi connectivity index (χ1n) is 4.01. The summed E-state index contributed by atoms with van der Waals surface area (Å²) in [5.41, 5.74) is 0. The maximum Gasteiger partial charge on any atom is 0.133 e. The third-order valence-electron chi connectivity index (χ3n) is 2.02. The highest BCUT2D eigenvalue weighted by molar-refractivity contribution is 7.98. The Labute approximate surface area is 76.2 Å². The van der Waals surface area contributed by atoms with Crippen molar-refractivity contribution in [2.24, 2.45) is 0 Å². The largest absolute Gasteiger partial charge is 0.356 e. The van der Waals surface area contributed by atoms with Crippen molar-refractivity contribution in [3.05, 3.63) is 12.4 Å². The van der Waals surface area contributed by atoms with Crippen LogP contribution in [0.25, 0.3) is 0 Å². The molecular formula is C8H11N3S. The van der Waals surface area contributed by atoms with E-state index in [1.807, 2.05) is 12.3 Å². The van der Waals surface area contributed by atoms with Crippen molar-refractivity contribution >= 4 is 17.6 Å². The Morgan fingerprint density at radius 1 is 1.42 bits per heavy atom. The summed E-state index contributed by atoms with van der Waals surface area (Å²) in [5, 5.41) is 1.05. The molecule has 2 heterocycles. The van der Waals surface area contributed by atoms with Crippen LogP contribution in [0.4, 0.5) is 5.82 Å². The lowest BCUT2D eigenvalue weighted by Crippen LogP contribution is -2.37. The van der Waals surface area contributed by atoms with E-state index in [4.69, 9.17) is 0 Å². The van der Waals surface area contributed by atoms with Crippen LogP contribution in [0.1, 0.15) is 6.42 Å². The van der Waals surface area contributed by atoms with Crippen molar-refractivity contribution in [1.82, 2.24) is 9.97 Å². The zero-order valence-corrected chi connectivity index (χ0v) is 7.84. The first kappa shape index (κ1) is 7.86. The van der Waals surface area contributed by atoms with Crippen LogP contribution in [0.3, 0.4) is 0 Å². The standard InChI is InChI=1S/C8H11N3S/c1-12-8-5-7(9-6-10-8)11-3-2-4-11/h5-6H,2-4H2,1H3. The number of nitrogens with zero attached hydrogens (tertiary/aromatic N) is 3. The van der Waals surface area contributed by atoms with Crippen LogP contribution in [0.2, 0.25) is 0 Å². The average Bonchev–Trinajstić information content (AvgIpc) is 2.02. The van der Waals surface area contributed by atoms with Gasteiger partial charge in [0.1, 0.15) is 17.2 Å². The van der Waals surface area contributed by atoms with E-state index in [2.05, 4.69) is 14.9 Å². The van der Waals surface area contributed by atoms with E-state index in [9.17, 15) is 0 Å². The summed E-state index contributed by atoms with van der Waals surface area (Å²) in [5.74, 6) is 1.07. The summed E-state index contributed by atoms with van der Waals surface area (Å²) >= 11 is 1.66. The molecule has 0 unspecified atom stereocenters. The minimum atomic E-state index is 1.05. The quantitative estimate of drug-likeness (QED) is 0.509. The number of anilines is 1. The van der Waals surface area contributed by atoms with Crippen LogP contribution in [0.15, 0.2) is 17.4 Å². The van der Waals surface area contributed by atoms with Gasteiger partial charge < -0.3 is 4.90 Å². The van der Waals surface area contributed by atoms with Gasteiger partial charge in [-0.25, -0.2) is 9.97 Å². The Balaban J connectivity index is 2.19. The molecule has 1 fully saturated rings. The number of hydrogen-bond acceptors (Lipinski definition) is 4. The van der Waals surface area contributed by atoms with E-state index < -0.39 is 0 Å². The van der Waals surface area contributed by atoms with E-state index in [0.717, 1.165) is 23.9 Å². The minimum absolute atomic E-state index is 1.05. The first-order valence-corrected chi connectivity index (χ1v) is 5.23. The predicted octanol–water partition coefficient (Wildman–Crippen LogP) is 1.41. The van der Waals surface area contributed by atoms with E-state index in [0.29, 0.717) is 0 Å². The number of rotatable bonds is 2. The van der Waals surface area contributed by atoms with Crippen LogP contribution < -0.4 is 4.90 Å². The van der Waals surface area contributed by atoms with E-state index in [-0.39, 0.29) is 0 Å². The molecule has 0 saturated carbocycles. The van der Waals surface area contributed by atoms with Gasteiger partial charge in [-0.05, 0) is 12.7 Å². The molecule has 1 aliphatic heterocycles. The topological polar surface area (TPSA) is 29.0 Å². The van der Waals surface area contributed by atoms with Crippen LogP contribution in [0.5, 0.6) is 0 Å². The predicted molar refractivity (Wildman–Crippen MR) is 50.6 cm³/mol. The van der Waals surface area contributed by atoms with Crippen LogP contribution in [0, 0.1) is 0 Å². The van der Waals surface area contributed by atoms with Crippen LogP contribution >= 0.6 is 11.8 Å². The van der Waals surface area contributed by atoms with Crippen molar-refractivity contribution in [2.75, 3.05) is 24.2 Å². The normalized spacial score (nSPS) is 15.9.